The van der Waals surface area contributed by atoms with Crippen LogP contribution >= 0.6 is 22.9 Å². The number of benzene rings is 2. The molecule has 148 valence electrons. The number of hydrogen-bond donors (Lipinski definition) is 0. The van der Waals surface area contributed by atoms with Gasteiger partial charge in [0.05, 0.1) is 17.5 Å². The molecular weight excluding hydrogens is 417 g/mol. The normalized spacial score (nSPS) is 11.5. The molecular formula is C19H14ClF3O4S. The molecule has 0 amide bonds. The maximum atomic E-state index is 12.3. The third-order valence-corrected chi connectivity index (χ3v) is 5.51. The lowest BCUT2D eigenvalue weighted by Crippen LogP contribution is -2.17. The van der Waals surface area contributed by atoms with Crippen molar-refractivity contribution >= 4 is 39.0 Å². The summed E-state index contributed by atoms with van der Waals surface area (Å²) in [7, 11) is 1.26. The summed E-state index contributed by atoms with van der Waals surface area (Å²) in [6.45, 7) is 1.87. The molecule has 28 heavy (non-hydrogen) atoms. The van der Waals surface area contributed by atoms with E-state index >= 15 is 0 Å². The van der Waals surface area contributed by atoms with E-state index in [1.807, 2.05) is 6.92 Å². The van der Waals surface area contributed by atoms with E-state index < -0.39 is 12.3 Å². The summed E-state index contributed by atoms with van der Waals surface area (Å²) < 4.78 is 52.1. The van der Waals surface area contributed by atoms with Gasteiger partial charge >= 0.3 is 12.3 Å². The van der Waals surface area contributed by atoms with Crippen molar-refractivity contribution in [1.29, 1.82) is 0 Å². The molecule has 3 aromatic rings. The molecule has 1 aromatic heterocycles. The van der Waals surface area contributed by atoms with Crippen molar-refractivity contribution in [3.8, 4) is 11.5 Å². The molecule has 0 radical (unpaired) electrons. The second-order valence-corrected chi connectivity index (χ2v) is 7.39. The molecule has 0 saturated heterocycles. The molecule has 3 rings (SSSR count). The standard InChI is InChI=1S/C19H14ClF3O4S/c1-10-16(20)15-14(28-10)8-7-13(18(24)25-2)17(15)26-9-11-3-5-12(6-4-11)27-19(21,22)23/h3-8H,9H2,1-2H3. The Morgan fingerprint density at radius 1 is 1.14 bits per heavy atom. The van der Waals surface area contributed by atoms with E-state index in [1.165, 1.54) is 42.7 Å². The second kappa shape index (κ2) is 7.89. The number of halogens is 4. The number of esters is 1. The lowest BCUT2D eigenvalue weighted by Gasteiger charge is -2.13. The minimum Gasteiger partial charge on any atom is -0.487 e. The molecule has 0 saturated carbocycles. The smallest absolute Gasteiger partial charge is 0.487 e. The topological polar surface area (TPSA) is 44.8 Å². The van der Waals surface area contributed by atoms with E-state index in [4.69, 9.17) is 21.1 Å². The Balaban J connectivity index is 1.90. The van der Waals surface area contributed by atoms with Gasteiger partial charge in [-0.3, -0.25) is 0 Å². The first-order chi connectivity index (χ1) is 13.2. The van der Waals surface area contributed by atoms with Crippen LogP contribution in [0.2, 0.25) is 5.02 Å². The zero-order chi connectivity index (χ0) is 20.5. The molecule has 0 aliphatic heterocycles. The minimum absolute atomic E-state index is 0.0145. The first kappa shape index (κ1) is 20.3. The summed E-state index contributed by atoms with van der Waals surface area (Å²) in [5, 5.41) is 1.08. The highest BCUT2D eigenvalue weighted by Crippen LogP contribution is 2.42. The number of rotatable bonds is 5. The van der Waals surface area contributed by atoms with Gasteiger partial charge in [-0.2, -0.15) is 0 Å². The maximum Gasteiger partial charge on any atom is 0.573 e. The molecule has 1 heterocycles. The zero-order valence-electron chi connectivity index (χ0n) is 14.7. The summed E-state index contributed by atoms with van der Waals surface area (Å²) in [5.41, 5.74) is 0.803. The quantitative estimate of drug-likeness (QED) is 0.457. The number of carbonyl (C=O) groups is 1. The highest BCUT2D eigenvalue weighted by molar-refractivity contribution is 7.19. The molecule has 0 aliphatic rings. The van der Waals surface area contributed by atoms with Crippen LogP contribution in [0.25, 0.3) is 10.1 Å². The van der Waals surface area contributed by atoms with Gasteiger partial charge < -0.3 is 14.2 Å². The van der Waals surface area contributed by atoms with Crippen LogP contribution < -0.4 is 9.47 Å². The van der Waals surface area contributed by atoms with Crippen LogP contribution in [0.3, 0.4) is 0 Å². The third kappa shape index (κ3) is 4.34. The van der Waals surface area contributed by atoms with Gasteiger partial charge in [-0.15, -0.1) is 24.5 Å². The zero-order valence-corrected chi connectivity index (χ0v) is 16.3. The molecule has 9 heteroatoms. The molecule has 0 atom stereocenters. The van der Waals surface area contributed by atoms with E-state index in [1.54, 1.807) is 12.1 Å². The van der Waals surface area contributed by atoms with Crippen molar-refractivity contribution in [1.82, 2.24) is 0 Å². The van der Waals surface area contributed by atoms with Gasteiger partial charge in [0, 0.05) is 9.58 Å². The van der Waals surface area contributed by atoms with Gasteiger partial charge in [-0.25, -0.2) is 4.79 Å². The van der Waals surface area contributed by atoms with Gasteiger partial charge in [0.15, 0.2) is 0 Å². The van der Waals surface area contributed by atoms with Crippen LogP contribution in [0.1, 0.15) is 20.8 Å². The Morgan fingerprint density at radius 3 is 2.43 bits per heavy atom. The van der Waals surface area contributed by atoms with Crippen LogP contribution in [0.4, 0.5) is 13.2 Å². The highest BCUT2D eigenvalue weighted by Gasteiger charge is 2.31. The van der Waals surface area contributed by atoms with Crippen molar-refractivity contribution in [2.24, 2.45) is 0 Å². The highest BCUT2D eigenvalue weighted by atomic mass is 35.5. The molecule has 0 spiro atoms. The number of aryl methyl sites for hydroxylation is 1. The molecule has 0 bridgehead atoms. The SMILES string of the molecule is COC(=O)c1ccc2sc(C)c(Cl)c2c1OCc1ccc(OC(F)(F)F)cc1. The fraction of sp³-hybridized carbons (Fsp3) is 0.211. The summed E-state index contributed by atoms with van der Waals surface area (Å²) in [6.07, 6.45) is -4.75. The predicted octanol–water partition coefficient (Wildman–Crippen LogP) is 6.13. The van der Waals surface area contributed by atoms with Crippen molar-refractivity contribution in [3.63, 3.8) is 0 Å². The van der Waals surface area contributed by atoms with E-state index in [-0.39, 0.29) is 23.7 Å². The van der Waals surface area contributed by atoms with Gasteiger partial charge in [0.2, 0.25) is 0 Å². The summed E-state index contributed by atoms with van der Waals surface area (Å²) in [5.74, 6) is -0.634. The Bertz CT molecular complexity index is 1010. The monoisotopic (exact) mass is 430 g/mol. The van der Waals surface area contributed by atoms with Crippen molar-refractivity contribution < 1.29 is 32.2 Å². The first-order valence-corrected chi connectivity index (χ1v) is 9.16. The number of hydrogen-bond acceptors (Lipinski definition) is 5. The Labute approximate surface area is 167 Å². The van der Waals surface area contributed by atoms with E-state index in [0.29, 0.717) is 16.0 Å². The van der Waals surface area contributed by atoms with E-state index in [9.17, 15) is 18.0 Å². The molecule has 0 N–H and O–H groups in total. The number of carbonyl (C=O) groups excluding carboxylic acids is 1. The minimum atomic E-state index is -4.75. The van der Waals surface area contributed by atoms with Crippen molar-refractivity contribution in [2.75, 3.05) is 7.11 Å². The van der Waals surface area contributed by atoms with Crippen molar-refractivity contribution in [3.05, 3.63) is 57.4 Å². The lowest BCUT2D eigenvalue weighted by atomic mass is 10.1. The lowest BCUT2D eigenvalue weighted by molar-refractivity contribution is -0.274. The van der Waals surface area contributed by atoms with Gasteiger partial charge in [-0.1, -0.05) is 23.7 Å². The van der Waals surface area contributed by atoms with Gasteiger partial charge in [0.25, 0.3) is 0 Å². The van der Waals surface area contributed by atoms with Crippen LogP contribution in [0.5, 0.6) is 11.5 Å². The Hall–Kier alpha value is -2.45. The Morgan fingerprint density at radius 2 is 1.82 bits per heavy atom. The van der Waals surface area contributed by atoms with Crippen LogP contribution in [-0.2, 0) is 11.3 Å². The summed E-state index contributed by atoms with van der Waals surface area (Å²) in [4.78, 5) is 13.0. The molecule has 0 fully saturated rings. The van der Waals surface area contributed by atoms with Crippen LogP contribution in [-0.4, -0.2) is 19.4 Å². The first-order valence-electron chi connectivity index (χ1n) is 7.97. The fourth-order valence-corrected chi connectivity index (χ4v) is 3.92. The largest absolute Gasteiger partial charge is 0.573 e. The third-order valence-electron chi connectivity index (χ3n) is 3.86. The number of fused-ring (bicyclic) bond motifs is 1. The molecule has 0 aliphatic carbocycles. The average Bonchev–Trinajstić information content (AvgIpc) is 2.93. The van der Waals surface area contributed by atoms with Gasteiger partial charge in [-0.05, 0) is 36.8 Å². The fourth-order valence-electron chi connectivity index (χ4n) is 2.61. The van der Waals surface area contributed by atoms with Gasteiger partial charge in [0.1, 0.15) is 23.7 Å². The maximum absolute atomic E-state index is 12.3. The molecule has 0 unspecified atom stereocenters. The van der Waals surface area contributed by atoms with Crippen LogP contribution in [0, 0.1) is 6.92 Å². The summed E-state index contributed by atoms with van der Waals surface area (Å²) >= 11 is 7.85. The molecule has 2 aromatic carbocycles. The van der Waals surface area contributed by atoms with Crippen molar-refractivity contribution in [2.45, 2.75) is 19.9 Å². The summed E-state index contributed by atoms with van der Waals surface area (Å²) in [6, 6.07) is 8.63. The predicted molar refractivity (Wildman–Crippen MR) is 100 cm³/mol. The van der Waals surface area contributed by atoms with E-state index in [2.05, 4.69) is 4.74 Å². The Kier molecular flexibility index (Phi) is 5.71. The molecule has 4 nitrogen and oxygen atoms in total. The number of thiophene rings is 1. The number of ether oxygens (including phenoxy) is 3. The second-order valence-electron chi connectivity index (χ2n) is 5.76. The number of alkyl halides is 3. The van der Waals surface area contributed by atoms with E-state index in [0.717, 1.165) is 9.58 Å². The van der Waals surface area contributed by atoms with Crippen LogP contribution in [0.15, 0.2) is 36.4 Å². The average molecular weight is 431 g/mol. The number of methoxy groups -OCH3 is 1.